The molecule has 0 unspecified atom stereocenters. The maximum atomic E-state index is 3.84. The van der Waals surface area contributed by atoms with Gasteiger partial charge in [0.15, 0.2) is 0 Å². The van der Waals surface area contributed by atoms with Gasteiger partial charge in [-0.15, -0.1) is 0 Å². The molecule has 0 bridgehead atoms. The van der Waals surface area contributed by atoms with E-state index in [-0.39, 0.29) is 0 Å². The van der Waals surface area contributed by atoms with E-state index in [2.05, 4.69) is 88.9 Å². The summed E-state index contributed by atoms with van der Waals surface area (Å²) >= 11 is 3.50. The van der Waals surface area contributed by atoms with Crippen LogP contribution in [0.25, 0.3) is 0 Å². The minimum absolute atomic E-state index is 1.07. The summed E-state index contributed by atoms with van der Waals surface area (Å²) in [6.07, 6.45) is 7.95. The molecule has 0 aromatic heterocycles. The molecule has 0 aliphatic carbocycles. The Balaban J connectivity index is 2.57. The highest BCUT2D eigenvalue weighted by Crippen LogP contribution is 2.31. The van der Waals surface area contributed by atoms with Gasteiger partial charge in [-0.1, -0.05) is 52.4 Å². The van der Waals surface area contributed by atoms with Gasteiger partial charge in [0, 0.05) is 21.5 Å². The second kappa shape index (κ2) is 7.81. The normalized spacial score (nSPS) is 11.7. The predicted molar refractivity (Wildman–Crippen MR) is 101 cm³/mol. The molecule has 0 spiro atoms. The van der Waals surface area contributed by atoms with Crippen molar-refractivity contribution in [2.75, 3.05) is 4.90 Å². The third-order valence-electron chi connectivity index (χ3n) is 3.26. The van der Waals surface area contributed by atoms with Gasteiger partial charge < -0.3 is 4.90 Å². The molecule has 0 amide bonds. The van der Waals surface area contributed by atoms with Crippen molar-refractivity contribution in [2.24, 2.45) is 0 Å². The lowest BCUT2D eigenvalue weighted by molar-refractivity contribution is 1.20. The van der Waals surface area contributed by atoms with E-state index in [1.165, 1.54) is 5.56 Å². The fraction of sp³-hybridized carbons (Fsp3) is 0.100. The van der Waals surface area contributed by atoms with Crippen molar-refractivity contribution in [2.45, 2.75) is 13.8 Å². The van der Waals surface area contributed by atoms with E-state index in [0.29, 0.717) is 0 Å². The second-order valence-corrected chi connectivity index (χ2v) is 5.89. The Morgan fingerprint density at radius 3 is 2.05 bits per heavy atom. The summed E-state index contributed by atoms with van der Waals surface area (Å²) < 4.78 is 1.07. The van der Waals surface area contributed by atoms with Crippen LogP contribution in [-0.2, 0) is 0 Å². The third-order valence-corrected chi connectivity index (χ3v) is 3.79. The predicted octanol–water partition coefficient (Wildman–Crippen LogP) is 6.54. The van der Waals surface area contributed by atoms with Crippen molar-refractivity contribution in [3.63, 3.8) is 0 Å². The zero-order valence-corrected chi connectivity index (χ0v) is 14.5. The molecular formula is C20H20BrN. The van der Waals surface area contributed by atoms with Crippen LogP contribution in [-0.4, -0.2) is 0 Å². The lowest BCUT2D eigenvalue weighted by Gasteiger charge is -2.26. The molecule has 0 radical (unpaired) electrons. The van der Waals surface area contributed by atoms with Gasteiger partial charge in [-0.25, -0.2) is 0 Å². The number of halogens is 1. The van der Waals surface area contributed by atoms with Crippen LogP contribution in [0, 0.1) is 6.92 Å². The standard InChI is InChI=1S/C20H20BrN/c1-4-6-18(7-5-2)22(19-12-8-16(3)9-13-19)20-14-10-17(21)11-15-20/h4-15H,1H2,2-3H3/b7-5-,18-6+. The van der Waals surface area contributed by atoms with Crippen molar-refractivity contribution in [1.82, 2.24) is 0 Å². The SMILES string of the molecule is C=C/C=C(\C=C/C)N(c1ccc(C)cc1)c1ccc(Br)cc1. The van der Waals surface area contributed by atoms with Gasteiger partial charge >= 0.3 is 0 Å². The monoisotopic (exact) mass is 353 g/mol. The lowest BCUT2D eigenvalue weighted by atomic mass is 10.1. The van der Waals surface area contributed by atoms with Crippen LogP contribution < -0.4 is 4.90 Å². The van der Waals surface area contributed by atoms with E-state index in [4.69, 9.17) is 0 Å². The Labute approximate surface area is 141 Å². The van der Waals surface area contributed by atoms with Gasteiger partial charge in [0.05, 0.1) is 0 Å². The van der Waals surface area contributed by atoms with Crippen molar-refractivity contribution in [3.8, 4) is 0 Å². The molecule has 0 aliphatic heterocycles. The van der Waals surface area contributed by atoms with Gasteiger partial charge in [0.25, 0.3) is 0 Å². The minimum atomic E-state index is 1.07. The fourth-order valence-electron chi connectivity index (χ4n) is 2.23. The van der Waals surface area contributed by atoms with Crippen LogP contribution in [0.5, 0.6) is 0 Å². The van der Waals surface area contributed by atoms with Crippen molar-refractivity contribution >= 4 is 27.3 Å². The molecule has 2 rings (SSSR count). The number of nitrogens with zero attached hydrogens (tertiary/aromatic N) is 1. The van der Waals surface area contributed by atoms with Crippen LogP contribution in [0.3, 0.4) is 0 Å². The van der Waals surface area contributed by atoms with Crippen LogP contribution in [0.15, 0.2) is 89.6 Å². The maximum absolute atomic E-state index is 3.84. The van der Waals surface area contributed by atoms with E-state index < -0.39 is 0 Å². The van der Waals surface area contributed by atoms with Crippen molar-refractivity contribution in [3.05, 3.63) is 95.1 Å². The maximum Gasteiger partial charge on any atom is 0.0462 e. The van der Waals surface area contributed by atoms with Gasteiger partial charge in [0.2, 0.25) is 0 Å². The van der Waals surface area contributed by atoms with Crippen LogP contribution >= 0.6 is 15.9 Å². The summed E-state index contributed by atoms with van der Waals surface area (Å²) in [5.74, 6) is 0. The number of allylic oxidation sites excluding steroid dienone is 4. The molecule has 2 aromatic rings. The summed E-state index contributed by atoms with van der Waals surface area (Å²) in [7, 11) is 0. The van der Waals surface area contributed by atoms with Crippen LogP contribution in [0.1, 0.15) is 12.5 Å². The number of hydrogen-bond acceptors (Lipinski definition) is 1. The average molecular weight is 354 g/mol. The highest BCUT2D eigenvalue weighted by Gasteiger charge is 2.12. The summed E-state index contributed by atoms with van der Waals surface area (Å²) in [5, 5.41) is 0. The molecule has 0 saturated heterocycles. The average Bonchev–Trinajstić information content (AvgIpc) is 2.52. The van der Waals surface area contributed by atoms with Crippen LogP contribution in [0.4, 0.5) is 11.4 Å². The Morgan fingerprint density at radius 2 is 1.55 bits per heavy atom. The summed E-state index contributed by atoms with van der Waals surface area (Å²) in [6.45, 7) is 7.95. The van der Waals surface area contributed by atoms with E-state index in [1.54, 1.807) is 0 Å². The van der Waals surface area contributed by atoms with Crippen molar-refractivity contribution in [1.29, 1.82) is 0 Å². The molecule has 22 heavy (non-hydrogen) atoms. The Bertz CT molecular complexity index is 633. The molecule has 0 N–H and O–H groups in total. The highest BCUT2D eigenvalue weighted by atomic mass is 79.9. The van der Waals surface area contributed by atoms with Crippen LogP contribution in [0.2, 0.25) is 0 Å². The lowest BCUT2D eigenvalue weighted by Crippen LogP contribution is -2.15. The third kappa shape index (κ3) is 3.99. The molecule has 112 valence electrons. The first kappa shape index (κ1) is 16.3. The molecule has 2 heteroatoms. The molecule has 0 atom stereocenters. The van der Waals surface area contributed by atoms with E-state index in [0.717, 1.165) is 21.5 Å². The van der Waals surface area contributed by atoms with E-state index in [1.807, 2.05) is 25.2 Å². The topological polar surface area (TPSA) is 3.24 Å². The van der Waals surface area contributed by atoms with Gasteiger partial charge in [0.1, 0.15) is 0 Å². The fourth-order valence-corrected chi connectivity index (χ4v) is 2.49. The molecule has 2 aromatic carbocycles. The smallest absolute Gasteiger partial charge is 0.0462 e. The number of hydrogen-bond donors (Lipinski definition) is 0. The summed E-state index contributed by atoms with van der Waals surface area (Å²) in [6, 6.07) is 16.8. The number of benzene rings is 2. The van der Waals surface area contributed by atoms with Gasteiger partial charge in [-0.2, -0.15) is 0 Å². The molecule has 0 heterocycles. The highest BCUT2D eigenvalue weighted by molar-refractivity contribution is 9.10. The first-order valence-electron chi connectivity index (χ1n) is 7.23. The summed E-state index contributed by atoms with van der Waals surface area (Å²) in [5.41, 5.74) is 4.56. The molecule has 0 fully saturated rings. The Kier molecular flexibility index (Phi) is 5.79. The molecule has 0 aliphatic rings. The largest absolute Gasteiger partial charge is 0.311 e. The Hall–Kier alpha value is -2.06. The zero-order chi connectivity index (χ0) is 15.9. The first-order chi connectivity index (χ1) is 10.7. The quantitative estimate of drug-likeness (QED) is 0.551. The van der Waals surface area contributed by atoms with E-state index >= 15 is 0 Å². The summed E-state index contributed by atoms with van der Waals surface area (Å²) in [4.78, 5) is 2.22. The second-order valence-electron chi connectivity index (χ2n) is 4.97. The molecular weight excluding hydrogens is 334 g/mol. The van der Waals surface area contributed by atoms with Crippen molar-refractivity contribution < 1.29 is 0 Å². The van der Waals surface area contributed by atoms with Gasteiger partial charge in [-0.05, 0) is 62.4 Å². The Morgan fingerprint density at radius 1 is 1.00 bits per heavy atom. The zero-order valence-electron chi connectivity index (χ0n) is 13.0. The first-order valence-corrected chi connectivity index (χ1v) is 8.03. The number of rotatable bonds is 5. The number of aryl methyl sites for hydroxylation is 1. The minimum Gasteiger partial charge on any atom is -0.311 e. The van der Waals surface area contributed by atoms with Gasteiger partial charge in [-0.3, -0.25) is 0 Å². The molecule has 1 nitrogen and oxygen atoms in total. The van der Waals surface area contributed by atoms with E-state index in [9.17, 15) is 0 Å². The molecule has 0 saturated carbocycles. The number of anilines is 2.